The highest BCUT2D eigenvalue weighted by Gasteiger charge is 2.35. The van der Waals surface area contributed by atoms with E-state index in [9.17, 15) is 28.8 Å². The summed E-state index contributed by atoms with van der Waals surface area (Å²) in [6.07, 6.45) is 2.56. The number of hydrogen-bond donors (Lipinski definition) is 7. The maximum absolute atomic E-state index is 13.3. The first-order valence-corrected chi connectivity index (χ1v) is 16.7. The van der Waals surface area contributed by atoms with Crippen LogP contribution in [0, 0.1) is 17.8 Å². The molecule has 0 aliphatic carbocycles. The Morgan fingerprint density at radius 1 is 0.809 bits per heavy atom. The monoisotopic (exact) mass is 665 g/mol. The van der Waals surface area contributed by atoms with Crippen molar-refractivity contribution in [2.45, 2.75) is 118 Å². The SMILES string of the molecule is CC(C)C[C@H](NC(=O)[C@@H]1CCCN1C(C)C)C(=O)NCC(=O)N[C@H](C(=O)N[C@@H](CCCN=C(N)N)C(=O)NCC(=O)C(C)C)C(C)C. The molecule has 1 rings (SSSR count). The zero-order valence-electron chi connectivity index (χ0n) is 29.5. The van der Waals surface area contributed by atoms with Gasteiger partial charge in [-0.3, -0.25) is 38.7 Å². The van der Waals surface area contributed by atoms with Crippen LogP contribution in [0.4, 0.5) is 0 Å². The Bertz CT molecular complexity index is 1100. The Kier molecular flexibility index (Phi) is 18.0. The maximum atomic E-state index is 13.3. The molecule has 0 radical (unpaired) electrons. The number of aliphatic imine (C=N–C) groups is 1. The van der Waals surface area contributed by atoms with Gasteiger partial charge in [-0.1, -0.05) is 41.5 Å². The maximum Gasteiger partial charge on any atom is 0.243 e. The molecule has 1 aliphatic heterocycles. The van der Waals surface area contributed by atoms with Crippen LogP contribution in [-0.2, 0) is 28.8 Å². The van der Waals surface area contributed by atoms with Gasteiger partial charge in [0.05, 0.1) is 19.1 Å². The number of carbonyl (C=O) groups excluding carboxylic acids is 6. The van der Waals surface area contributed by atoms with Crippen molar-refractivity contribution in [2.24, 2.45) is 34.2 Å². The van der Waals surface area contributed by atoms with Crippen LogP contribution in [0.5, 0.6) is 0 Å². The van der Waals surface area contributed by atoms with Gasteiger partial charge in [-0.05, 0) is 64.3 Å². The number of ketones is 1. The molecule has 0 saturated carbocycles. The largest absolute Gasteiger partial charge is 0.370 e. The van der Waals surface area contributed by atoms with Gasteiger partial charge in [-0.2, -0.15) is 0 Å². The lowest BCUT2D eigenvalue weighted by molar-refractivity contribution is -0.134. The minimum atomic E-state index is -1.03. The summed E-state index contributed by atoms with van der Waals surface area (Å²) in [5.74, 6) is -3.26. The second-order valence-electron chi connectivity index (χ2n) is 13.5. The van der Waals surface area contributed by atoms with E-state index >= 15 is 0 Å². The smallest absolute Gasteiger partial charge is 0.243 e. The number of nitrogens with zero attached hydrogens (tertiary/aromatic N) is 2. The Hall–Kier alpha value is -3.75. The first kappa shape index (κ1) is 41.3. The number of hydrogen-bond acceptors (Lipinski definition) is 8. The van der Waals surface area contributed by atoms with Gasteiger partial charge in [-0.15, -0.1) is 0 Å². The van der Waals surface area contributed by atoms with Crippen LogP contribution < -0.4 is 38.1 Å². The Morgan fingerprint density at radius 2 is 1.43 bits per heavy atom. The topological polar surface area (TPSA) is 230 Å². The van der Waals surface area contributed by atoms with Crippen molar-refractivity contribution in [1.29, 1.82) is 0 Å². The molecule has 1 aliphatic rings. The van der Waals surface area contributed by atoms with E-state index in [0.29, 0.717) is 12.8 Å². The zero-order valence-corrected chi connectivity index (χ0v) is 29.5. The normalized spacial score (nSPS) is 16.8. The van der Waals surface area contributed by atoms with E-state index in [4.69, 9.17) is 11.5 Å². The van der Waals surface area contributed by atoms with Crippen LogP contribution in [0.1, 0.15) is 87.5 Å². The first-order valence-electron chi connectivity index (χ1n) is 16.7. The fourth-order valence-electron chi connectivity index (χ4n) is 5.24. The van der Waals surface area contributed by atoms with Gasteiger partial charge in [0, 0.05) is 18.5 Å². The van der Waals surface area contributed by atoms with Crippen molar-refractivity contribution in [3.63, 3.8) is 0 Å². The van der Waals surface area contributed by atoms with Crippen molar-refractivity contribution in [3.8, 4) is 0 Å². The van der Waals surface area contributed by atoms with Crippen molar-refractivity contribution >= 4 is 41.3 Å². The average Bonchev–Trinajstić information content (AvgIpc) is 3.48. The summed E-state index contributed by atoms with van der Waals surface area (Å²) in [7, 11) is 0. The van der Waals surface area contributed by atoms with E-state index in [1.54, 1.807) is 27.7 Å². The predicted octanol–water partition coefficient (Wildman–Crippen LogP) is -0.473. The summed E-state index contributed by atoms with van der Waals surface area (Å²) >= 11 is 0. The van der Waals surface area contributed by atoms with Gasteiger partial charge in [-0.25, -0.2) is 0 Å². The van der Waals surface area contributed by atoms with Gasteiger partial charge in [0.25, 0.3) is 0 Å². The van der Waals surface area contributed by atoms with Crippen LogP contribution in [0.3, 0.4) is 0 Å². The minimum absolute atomic E-state index is 0.100. The molecule has 0 aromatic rings. The molecule has 268 valence electrons. The number of nitrogens with one attached hydrogen (secondary N) is 5. The highest BCUT2D eigenvalue weighted by molar-refractivity contribution is 5.95. The second-order valence-corrected chi connectivity index (χ2v) is 13.5. The summed E-state index contributed by atoms with van der Waals surface area (Å²) in [6, 6.07) is -2.97. The van der Waals surface area contributed by atoms with Crippen LogP contribution in [0.15, 0.2) is 4.99 Å². The van der Waals surface area contributed by atoms with Crippen molar-refractivity contribution in [2.75, 3.05) is 26.2 Å². The number of Topliss-reactive ketones (excluding diaryl/α,β-unsaturated/α-hetero) is 1. The molecule has 1 fully saturated rings. The first-order chi connectivity index (χ1) is 21.9. The molecule has 47 heavy (non-hydrogen) atoms. The number of rotatable bonds is 20. The summed E-state index contributed by atoms with van der Waals surface area (Å²) in [5, 5.41) is 13.4. The summed E-state index contributed by atoms with van der Waals surface area (Å²) in [4.78, 5) is 83.6. The predicted molar refractivity (Wildman–Crippen MR) is 181 cm³/mol. The number of amides is 5. The fraction of sp³-hybridized carbons (Fsp3) is 0.781. The molecule has 0 bridgehead atoms. The lowest BCUT2D eigenvalue weighted by Crippen LogP contribution is -2.57. The van der Waals surface area contributed by atoms with Crippen molar-refractivity contribution in [1.82, 2.24) is 31.5 Å². The number of carbonyl (C=O) groups is 6. The van der Waals surface area contributed by atoms with E-state index < -0.39 is 48.3 Å². The van der Waals surface area contributed by atoms with Gasteiger partial charge < -0.3 is 38.1 Å². The molecule has 4 atom stereocenters. The third-order valence-corrected chi connectivity index (χ3v) is 7.95. The molecule has 0 aromatic heterocycles. The van der Waals surface area contributed by atoms with E-state index in [-0.39, 0.29) is 67.0 Å². The summed E-state index contributed by atoms with van der Waals surface area (Å²) in [5.41, 5.74) is 10.8. The molecule has 0 unspecified atom stereocenters. The number of guanidine groups is 1. The second kappa shape index (κ2) is 20.5. The standard InChI is InChI=1S/C32H59N9O6/c1-18(2)15-23(39-30(46)24-12-10-14-41(24)21(7)8)29(45)37-17-26(43)40-27(20(5)6)31(47)38-22(11-9-13-35-32(33)34)28(44)36-16-25(42)19(3)4/h18-24,27H,9-17H2,1-8H3,(H,36,44)(H,37,45)(H,38,47)(H,39,46)(H,40,43)(H4,33,34,35)/t22-,23-,24-,27-/m0/s1. The van der Waals surface area contributed by atoms with E-state index in [1.807, 2.05) is 27.7 Å². The Labute approximate surface area is 279 Å². The van der Waals surface area contributed by atoms with E-state index in [2.05, 4.69) is 36.5 Å². The third kappa shape index (κ3) is 15.1. The van der Waals surface area contributed by atoms with Crippen molar-refractivity contribution in [3.05, 3.63) is 0 Å². The van der Waals surface area contributed by atoms with Gasteiger partial charge >= 0.3 is 0 Å². The number of nitrogens with two attached hydrogens (primary N) is 2. The van der Waals surface area contributed by atoms with E-state index in [0.717, 1.165) is 19.4 Å². The number of likely N-dealkylation sites (tertiary alicyclic amines) is 1. The minimum Gasteiger partial charge on any atom is -0.370 e. The lowest BCUT2D eigenvalue weighted by atomic mass is 10.0. The van der Waals surface area contributed by atoms with Crippen LogP contribution in [0.25, 0.3) is 0 Å². The molecule has 1 heterocycles. The highest BCUT2D eigenvalue weighted by atomic mass is 16.2. The summed E-state index contributed by atoms with van der Waals surface area (Å²) < 4.78 is 0. The highest BCUT2D eigenvalue weighted by Crippen LogP contribution is 2.20. The Balaban J connectivity index is 2.89. The van der Waals surface area contributed by atoms with Gasteiger partial charge in [0.1, 0.15) is 18.1 Å². The molecular weight excluding hydrogens is 606 g/mol. The molecule has 5 amide bonds. The van der Waals surface area contributed by atoms with Gasteiger partial charge in [0.15, 0.2) is 11.7 Å². The molecule has 1 saturated heterocycles. The third-order valence-electron chi connectivity index (χ3n) is 7.95. The summed E-state index contributed by atoms with van der Waals surface area (Å²) in [6.45, 7) is 15.3. The van der Waals surface area contributed by atoms with Crippen LogP contribution >= 0.6 is 0 Å². The molecule has 15 heteroatoms. The van der Waals surface area contributed by atoms with Crippen LogP contribution in [0.2, 0.25) is 0 Å². The quantitative estimate of drug-likeness (QED) is 0.0505. The van der Waals surface area contributed by atoms with Crippen LogP contribution in [-0.4, -0.2) is 103 Å². The lowest BCUT2D eigenvalue weighted by Gasteiger charge is -2.29. The molecular formula is C32H59N9O6. The molecule has 9 N–H and O–H groups in total. The molecule has 0 aromatic carbocycles. The average molecular weight is 666 g/mol. The van der Waals surface area contributed by atoms with Gasteiger partial charge in [0.2, 0.25) is 29.5 Å². The Morgan fingerprint density at radius 3 is 1.98 bits per heavy atom. The fourth-order valence-corrected chi connectivity index (χ4v) is 5.24. The molecule has 15 nitrogen and oxygen atoms in total. The van der Waals surface area contributed by atoms with Crippen molar-refractivity contribution < 1.29 is 28.8 Å². The van der Waals surface area contributed by atoms with E-state index in [1.165, 1.54) is 0 Å². The zero-order chi connectivity index (χ0) is 35.8. The molecule has 0 spiro atoms.